The maximum absolute atomic E-state index is 12.2. The third-order valence-electron chi connectivity index (χ3n) is 2.88. The second-order valence-electron chi connectivity index (χ2n) is 4.80. The number of nitrogens with zero attached hydrogens (tertiary/aromatic N) is 1. The molecular formula is C14H21N3O3. The Hall–Kier alpha value is -2.24. The molecule has 0 radical (unpaired) electrons. The largest absolute Gasteiger partial charge is 0.481 e. The molecule has 110 valence electrons. The van der Waals surface area contributed by atoms with Crippen LogP contribution in [-0.2, 0) is 4.79 Å². The van der Waals surface area contributed by atoms with Gasteiger partial charge >= 0.3 is 12.0 Å². The van der Waals surface area contributed by atoms with E-state index in [-0.39, 0.29) is 18.5 Å². The molecule has 1 aromatic carbocycles. The first-order chi connectivity index (χ1) is 9.41. The van der Waals surface area contributed by atoms with E-state index in [9.17, 15) is 9.59 Å². The highest BCUT2D eigenvalue weighted by Crippen LogP contribution is 2.17. The summed E-state index contributed by atoms with van der Waals surface area (Å²) in [5, 5.41) is 11.4. The highest BCUT2D eigenvalue weighted by Gasteiger charge is 2.17. The van der Waals surface area contributed by atoms with Crippen LogP contribution >= 0.6 is 0 Å². The molecule has 1 rings (SSSR count). The number of amides is 2. The minimum absolute atomic E-state index is 0.0197. The van der Waals surface area contributed by atoms with E-state index in [2.05, 4.69) is 5.32 Å². The van der Waals surface area contributed by atoms with E-state index in [0.29, 0.717) is 24.3 Å². The number of rotatable bonds is 6. The summed E-state index contributed by atoms with van der Waals surface area (Å²) in [6.07, 6.45) is 0.467. The second-order valence-corrected chi connectivity index (χ2v) is 4.80. The van der Waals surface area contributed by atoms with Crippen molar-refractivity contribution in [3.8, 4) is 0 Å². The Bertz CT molecular complexity index is 474. The second kappa shape index (κ2) is 7.37. The summed E-state index contributed by atoms with van der Waals surface area (Å²) in [7, 11) is 0. The Labute approximate surface area is 118 Å². The number of carboxylic acids is 1. The van der Waals surface area contributed by atoms with Crippen LogP contribution in [0.15, 0.2) is 24.3 Å². The van der Waals surface area contributed by atoms with E-state index in [1.54, 1.807) is 29.2 Å². The summed E-state index contributed by atoms with van der Waals surface area (Å²) in [6, 6.07) is 6.72. The lowest BCUT2D eigenvalue weighted by Gasteiger charge is -2.27. The van der Waals surface area contributed by atoms with E-state index >= 15 is 0 Å². The highest BCUT2D eigenvalue weighted by atomic mass is 16.4. The van der Waals surface area contributed by atoms with E-state index in [1.165, 1.54) is 0 Å². The molecule has 6 heteroatoms. The van der Waals surface area contributed by atoms with Gasteiger partial charge in [0.1, 0.15) is 0 Å². The topological polar surface area (TPSA) is 95.7 Å². The van der Waals surface area contributed by atoms with Crippen molar-refractivity contribution in [1.82, 2.24) is 4.90 Å². The van der Waals surface area contributed by atoms with Crippen molar-refractivity contribution >= 4 is 23.4 Å². The first-order valence-electron chi connectivity index (χ1n) is 6.55. The van der Waals surface area contributed by atoms with Gasteiger partial charge in [-0.25, -0.2) is 4.79 Å². The van der Waals surface area contributed by atoms with Crippen molar-refractivity contribution in [3.05, 3.63) is 24.3 Å². The van der Waals surface area contributed by atoms with Crippen LogP contribution < -0.4 is 11.1 Å². The number of carbonyl (C=O) groups excluding carboxylic acids is 1. The number of hydrogen-bond donors (Lipinski definition) is 3. The van der Waals surface area contributed by atoms with Gasteiger partial charge in [-0.05, 0) is 32.4 Å². The normalized spacial score (nSPS) is 10.3. The molecule has 0 saturated heterocycles. The Morgan fingerprint density at radius 3 is 2.55 bits per heavy atom. The molecule has 20 heavy (non-hydrogen) atoms. The minimum Gasteiger partial charge on any atom is -0.481 e. The number of nitrogens with one attached hydrogen (secondary N) is 1. The molecule has 0 aliphatic heterocycles. The van der Waals surface area contributed by atoms with Gasteiger partial charge in [-0.15, -0.1) is 0 Å². The number of carbonyl (C=O) groups is 2. The number of urea groups is 1. The lowest BCUT2D eigenvalue weighted by molar-refractivity contribution is -0.137. The zero-order chi connectivity index (χ0) is 15.1. The molecule has 0 heterocycles. The maximum Gasteiger partial charge on any atom is 0.322 e. The Morgan fingerprint density at radius 1 is 1.35 bits per heavy atom. The zero-order valence-corrected chi connectivity index (χ0v) is 11.8. The highest BCUT2D eigenvalue weighted by molar-refractivity contribution is 5.92. The number of hydrogen-bond acceptors (Lipinski definition) is 3. The number of anilines is 2. The van der Waals surface area contributed by atoms with Gasteiger partial charge in [-0.1, -0.05) is 12.1 Å². The number of nitrogens with two attached hydrogens (primary N) is 1. The Kier molecular flexibility index (Phi) is 5.83. The molecule has 0 saturated carbocycles. The number of para-hydroxylation sites is 2. The molecule has 6 nitrogen and oxygen atoms in total. The van der Waals surface area contributed by atoms with Crippen LogP contribution in [0.2, 0.25) is 0 Å². The van der Waals surface area contributed by atoms with Crippen LogP contribution in [0, 0.1) is 0 Å². The SMILES string of the molecule is CC(C)N(CCCC(=O)O)C(=O)Nc1ccccc1N. The molecule has 4 N–H and O–H groups in total. The summed E-state index contributed by atoms with van der Waals surface area (Å²) >= 11 is 0. The smallest absolute Gasteiger partial charge is 0.322 e. The average molecular weight is 279 g/mol. The Morgan fingerprint density at radius 2 is 2.00 bits per heavy atom. The summed E-state index contributed by atoms with van der Waals surface area (Å²) in [4.78, 5) is 24.3. The van der Waals surface area contributed by atoms with Gasteiger partial charge in [0, 0.05) is 19.0 Å². The van der Waals surface area contributed by atoms with Crippen LogP contribution in [0.5, 0.6) is 0 Å². The van der Waals surface area contributed by atoms with Gasteiger partial charge in [-0.3, -0.25) is 4.79 Å². The molecular weight excluding hydrogens is 258 g/mol. The van der Waals surface area contributed by atoms with Gasteiger partial charge in [0.05, 0.1) is 11.4 Å². The van der Waals surface area contributed by atoms with Crippen LogP contribution in [0.4, 0.5) is 16.2 Å². The summed E-state index contributed by atoms with van der Waals surface area (Å²) in [5.41, 5.74) is 6.83. The van der Waals surface area contributed by atoms with Crippen molar-refractivity contribution in [2.45, 2.75) is 32.7 Å². The van der Waals surface area contributed by atoms with Gasteiger partial charge < -0.3 is 21.1 Å². The van der Waals surface area contributed by atoms with Crippen molar-refractivity contribution < 1.29 is 14.7 Å². The molecule has 0 atom stereocenters. The third kappa shape index (κ3) is 4.79. The summed E-state index contributed by atoms with van der Waals surface area (Å²) in [5.74, 6) is -0.860. The molecule has 1 aromatic rings. The fourth-order valence-electron chi connectivity index (χ4n) is 1.79. The zero-order valence-electron chi connectivity index (χ0n) is 11.8. The Balaban J connectivity index is 2.65. The van der Waals surface area contributed by atoms with Crippen molar-refractivity contribution in [2.75, 3.05) is 17.6 Å². The quantitative estimate of drug-likeness (QED) is 0.696. The number of carboxylic acid groups (broad SMARTS) is 1. The molecule has 0 aliphatic carbocycles. The van der Waals surface area contributed by atoms with E-state index in [1.807, 2.05) is 13.8 Å². The lowest BCUT2D eigenvalue weighted by atomic mass is 10.2. The predicted molar refractivity (Wildman–Crippen MR) is 78.6 cm³/mol. The molecule has 0 aromatic heterocycles. The molecule has 0 spiro atoms. The van der Waals surface area contributed by atoms with Gasteiger partial charge in [0.15, 0.2) is 0 Å². The molecule has 0 unspecified atom stereocenters. The van der Waals surface area contributed by atoms with Crippen molar-refractivity contribution in [3.63, 3.8) is 0 Å². The molecule has 2 amide bonds. The lowest BCUT2D eigenvalue weighted by Crippen LogP contribution is -2.40. The predicted octanol–water partition coefficient (Wildman–Crippen LogP) is 2.38. The summed E-state index contributed by atoms with van der Waals surface area (Å²) < 4.78 is 0. The molecule has 0 aliphatic rings. The molecule has 0 bridgehead atoms. The average Bonchev–Trinajstić information content (AvgIpc) is 2.36. The van der Waals surface area contributed by atoms with Gasteiger partial charge in [0.25, 0.3) is 0 Å². The number of nitrogen functional groups attached to an aromatic ring is 1. The monoisotopic (exact) mass is 279 g/mol. The van der Waals surface area contributed by atoms with Gasteiger partial charge in [0.2, 0.25) is 0 Å². The van der Waals surface area contributed by atoms with E-state index < -0.39 is 5.97 Å². The minimum atomic E-state index is -0.860. The van der Waals surface area contributed by atoms with Crippen molar-refractivity contribution in [2.24, 2.45) is 0 Å². The first-order valence-corrected chi connectivity index (χ1v) is 6.55. The van der Waals surface area contributed by atoms with Crippen LogP contribution in [0.25, 0.3) is 0 Å². The first kappa shape index (κ1) is 15.8. The van der Waals surface area contributed by atoms with Crippen LogP contribution in [0.3, 0.4) is 0 Å². The van der Waals surface area contributed by atoms with Crippen LogP contribution in [-0.4, -0.2) is 34.6 Å². The van der Waals surface area contributed by atoms with Crippen LogP contribution in [0.1, 0.15) is 26.7 Å². The summed E-state index contributed by atoms with van der Waals surface area (Å²) in [6.45, 7) is 4.16. The fraction of sp³-hybridized carbons (Fsp3) is 0.429. The fourth-order valence-corrected chi connectivity index (χ4v) is 1.79. The van der Waals surface area contributed by atoms with E-state index in [4.69, 9.17) is 10.8 Å². The van der Waals surface area contributed by atoms with E-state index in [0.717, 1.165) is 0 Å². The third-order valence-corrected chi connectivity index (χ3v) is 2.88. The molecule has 0 fully saturated rings. The maximum atomic E-state index is 12.2. The standard InChI is InChI=1S/C14H21N3O3/c1-10(2)17(9-5-8-13(18)19)14(20)16-12-7-4-3-6-11(12)15/h3-4,6-7,10H,5,8-9,15H2,1-2H3,(H,16,20)(H,18,19). The van der Waals surface area contributed by atoms with Gasteiger partial charge in [-0.2, -0.15) is 0 Å². The number of aliphatic carboxylic acids is 1. The number of benzene rings is 1. The van der Waals surface area contributed by atoms with Crippen molar-refractivity contribution in [1.29, 1.82) is 0 Å².